The zero-order valence-electron chi connectivity index (χ0n) is 94.1. The summed E-state index contributed by atoms with van der Waals surface area (Å²) in [5.41, 5.74) is 54.7. The van der Waals surface area contributed by atoms with Gasteiger partial charge in [-0.15, -0.1) is 0 Å². The Balaban J connectivity index is 0.667. The van der Waals surface area contributed by atoms with Gasteiger partial charge < -0.3 is 28.4 Å². The summed E-state index contributed by atoms with van der Waals surface area (Å²) in [7, 11) is 0. The van der Waals surface area contributed by atoms with Crippen LogP contribution in [0.15, 0.2) is 197 Å². The Labute approximate surface area is 869 Å². The van der Waals surface area contributed by atoms with Crippen molar-refractivity contribution < 1.29 is 8.83 Å². The maximum absolute atomic E-state index is 8.12. The number of rotatable bonds is 10. The molecule has 0 bridgehead atoms. The molecule has 0 radical (unpaired) electrons. The first-order chi connectivity index (χ1) is 67.8. The molecule has 744 valence electrons. The summed E-state index contributed by atoms with van der Waals surface area (Å²) < 4.78 is 16.2. The fourth-order valence-electron chi connectivity index (χ4n) is 29.7. The Kier molecular flexibility index (Phi) is 20.6. The molecule has 4 aliphatic heterocycles. The molecule has 0 spiro atoms. The maximum atomic E-state index is 8.12. The van der Waals surface area contributed by atoms with E-state index < -0.39 is 0 Å². The molecule has 0 N–H and O–H groups in total. The molecule has 6 aliphatic carbocycles. The second-order valence-corrected chi connectivity index (χ2v) is 56.9. The van der Waals surface area contributed by atoms with E-state index in [9.17, 15) is 0 Å². The van der Waals surface area contributed by atoms with Crippen LogP contribution >= 0.6 is 0 Å². The van der Waals surface area contributed by atoms with Gasteiger partial charge >= 0.3 is 0 Å². The predicted molar refractivity (Wildman–Crippen MR) is 622 cm³/mol. The van der Waals surface area contributed by atoms with E-state index in [-0.39, 0.29) is 89.2 Å². The molecule has 1 unspecified atom stereocenters. The molecule has 1 atom stereocenters. The molecule has 145 heavy (non-hydrogen) atoms. The Hall–Kier alpha value is -11.0. The summed E-state index contributed by atoms with van der Waals surface area (Å²) in [6.45, 7) is 81.3. The molecular weight excluding hydrogens is 1760 g/mol. The van der Waals surface area contributed by atoms with Crippen LogP contribution in [0.4, 0.5) is 68.2 Å². The summed E-state index contributed by atoms with van der Waals surface area (Å²) >= 11 is 0. The Morgan fingerprint density at radius 3 is 1.03 bits per heavy atom. The van der Waals surface area contributed by atoms with Crippen LogP contribution in [0.2, 0.25) is 0 Å². The molecule has 6 heterocycles. The maximum Gasteiger partial charge on any atom is 0.297 e. The summed E-state index contributed by atoms with van der Waals surface area (Å²) in [6, 6.07) is 78.2. The molecule has 0 amide bonds. The monoisotopic (exact) mass is 1910 g/mol. The lowest BCUT2D eigenvalue weighted by atomic mass is 9.35. The number of hydrogen-bond acceptors (Lipinski definition) is 6. The van der Waals surface area contributed by atoms with Gasteiger partial charge in [0.15, 0.2) is 0 Å². The molecule has 0 fully saturated rings. The minimum atomic E-state index is -0.253. The summed E-state index contributed by atoms with van der Waals surface area (Å²) in [6.07, 6.45) is 15.5. The molecule has 10 aliphatic rings. The molecule has 2 aromatic heterocycles. The Morgan fingerprint density at radius 1 is 0.276 bits per heavy atom. The van der Waals surface area contributed by atoms with Crippen molar-refractivity contribution in [2.75, 3.05) is 19.6 Å². The lowest BCUT2D eigenvalue weighted by molar-refractivity contribution is 0.272. The fourth-order valence-corrected chi connectivity index (χ4v) is 29.7. The number of benzene rings is 12. The highest BCUT2D eigenvalue weighted by Gasteiger charge is 2.56. The van der Waals surface area contributed by atoms with Gasteiger partial charge in [-0.2, -0.15) is 0 Å². The van der Waals surface area contributed by atoms with Gasteiger partial charge in [0.25, 0.3) is 13.4 Å². The highest BCUT2D eigenvalue weighted by Crippen LogP contribution is 2.63. The largest absolute Gasteiger partial charge is 0.468 e. The van der Waals surface area contributed by atoms with E-state index in [0.29, 0.717) is 0 Å². The first-order valence-corrected chi connectivity index (χ1v) is 55.6. The quantitative estimate of drug-likeness (QED) is 0.127. The second kappa shape index (κ2) is 31.1. The van der Waals surface area contributed by atoms with Gasteiger partial charge in [-0.1, -0.05) is 273 Å². The SMILES string of the molecule is Cc1cc2c3c(c1)N(c1ccc4c(c1)C(C)(C)CCC4(C)C)c1c(oc4cc5c(cc14)C(C)(C)CCC5(C)C)B3c1cc3c(cc1N2c1ccc(C(C)(C)CCC2(C)CCC(C)(C)c4cc(N5c6cc(C)cc7c6B(c6cc8c(cc6N7c6ccc(C(C)(C)C)cc6-c6c(C)cccc6C)C(C)(C)CCC8(C)C)c6oc7cc8c(cc7c65)C(C)(C)CCC8(C)C)ccc42)cc1-c1ccccc1C)C(C)(C)CCC3(C)C. The van der Waals surface area contributed by atoms with Crippen LogP contribution in [-0.4, -0.2) is 13.4 Å². The average Bonchev–Trinajstić information content (AvgIpc) is 1.22. The summed E-state index contributed by atoms with van der Waals surface area (Å²) in [5.74, 6) is 0. The molecule has 0 saturated heterocycles. The third-order valence-corrected chi connectivity index (χ3v) is 40.1. The molecule has 8 heteroatoms. The third-order valence-electron chi connectivity index (χ3n) is 40.1. The van der Waals surface area contributed by atoms with Crippen molar-refractivity contribution in [2.24, 2.45) is 0 Å². The van der Waals surface area contributed by atoms with E-state index in [0.717, 1.165) is 112 Å². The molecule has 24 rings (SSSR count). The van der Waals surface area contributed by atoms with E-state index in [1.165, 1.54) is 229 Å². The number of aryl methyl sites for hydroxylation is 5. The lowest BCUT2D eigenvalue weighted by Gasteiger charge is -2.47. The van der Waals surface area contributed by atoms with E-state index in [2.05, 4.69) is 436 Å². The summed E-state index contributed by atoms with van der Waals surface area (Å²) in [5, 5.41) is 2.42. The van der Waals surface area contributed by atoms with Crippen molar-refractivity contribution in [2.45, 2.75) is 394 Å². The number of hydrogen-bond donors (Lipinski definition) is 0. The zero-order valence-corrected chi connectivity index (χ0v) is 94.1. The average molecular weight is 1910 g/mol. The number of anilines is 12. The van der Waals surface area contributed by atoms with Crippen molar-refractivity contribution >= 4 is 137 Å². The van der Waals surface area contributed by atoms with Crippen molar-refractivity contribution in [3.63, 3.8) is 0 Å². The Bertz CT molecular complexity index is 7910. The normalized spacial score (nSPS) is 21.0. The topological polar surface area (TPSA) is 39.2 Å². The minimum absolute atomic E-state index is 0.00939. The number of furan rings is 2. The van der Waals surface area contributed by atoms with Gasteiger partial charge in [0.2, 0.25) is 0 Å². The molecule has 6 nitrogen and oxygen atoms in total. The first kappa shape index (κ1) is 96.2. The van der Waals surface area contributed by atoms with Crippen LogP contribution in [0.1, 0.15) is 389 Å². The molecule has 14 aromatic rings. The fraction of sp³-hybridized carbons (Fsp3) is 0.445. The van der Waals surface area contributed by atoms with Crippen molar-refractivity contribution in [1.82, 2.24) is 0 Å². The van der Waals surface area contributed by atoms with Crippen LogP contribution in [-0.2, 0) is 75.8 Å². The second-order valence-electron chi connectivity index (χ2n) is 56.9. The van der Waals surface area contributed by atoms with Crippen molar-refractivity contribution in [3.05, 3.63) is 294 Å². The van der Waals surface area contributed by atoms with Gasteiger partial charge in [0, 0.05) is 67.4 Å². The zero-order chi connectivity index (χ0) is 103. The summed E-state index contributed by atoms with van der Waals surface area (Å²) in [4.78, 5) is 11.0. The van der Waals surface area contributed by atoms with E-state index in [4.69, 9.17) is 8.83 Å². The van der Waals surface area contributed by atoms with Gasteiger partial charge in [-0.25, -0.2) is 0 Å². The van der Waals surface area contributed by atoms with Gasteiger partial charge in [-0.3, -0.25) is 0 Å². The van der Waals surface area contributed by atoms with Gasteiger partial charge in [-0.05, 0) is 448 Å². The van der Waals surface area contributed by atoms with Crippen molar-refractivity contribution in [3.8, 4) is 22.3 Å². The number of nitrogens with zero attached hydrogens (tertiary/aromatic N) is 4. The van der Waals surface area contributed by atoms with Gasteiger partial charge in [0.1, 0.15) is 11.2 Å². The van der Waals surface area contributed by atoms with Crippen LogP contribution in [0.25, 0.3) is 44.2 Å². The van der Waals surface area contributed by atoms with E-state index in [1.54, 1.807) is 0 Å². The standard InChI is InChI=1S/C137H158B2N4O2/c1-79-63-111-118-113(65-79)142(109-75-101-99(130(19,20)53-55-132(101,23)24)73-105(109)138(118)122-120(91-71-97-103(77-115(91)144-122)134(27,28)57-51-128(97,15)16)140(111)86-43-45-93-95(69-86)127(13,14)50-49-126(93,11)12)107-48-42-85(68-89(107)88-40-35-34-37-81(88)3)125(9,10)59-61-137(33)62-60-136(31,32)96-70-87(44-46-94(96)137)141-112-64-80(2)66-114-119(112)139(123-121(141)92-72-98-104(78-116(92)145-123)135(29,30)58-52-129(98,17)18)106-74-100-102(133(25,26)56-54-131(100,21)22)76-110(106)143(114)108-47-41-84(124(6,7)8)67-90(108)117-82(4)38-36-39-83(117)5/h34-48,63-78H,49-62H2,1-33H3. The highest BCUT2D eigenvalue weighted by molar-refractivity contribution is 7.00. The van der Waals surface area contributed by atoms with E-state index in [1.807, 2.05) is 0 Å². The Morgan fingerprint density at radius 2 is 0.614 bits per heavy atom. The third kappa shape index (κ3) is 14.3. The predicted octanol–water partition coefficient (Wildman–Crippen LogP) is 34.3. The number of fused-ring (bicyclic) bond motifs is 18. The minimum Gasteiger partial charge on any atom is -0.468 e. The van der Waals surface area contributed by atoms with Crippen LogP contribution in [0.3, 0.4) is 0 Å². The van der Waals surface area contributed by atoms with E-state index >= 15 is 0 Å². The first-order valence-electron chi connectivity index (χ1n) is 55.6. The smallest absolute Gasteiger partial charge is 0.297 e. The molecule has 0 saturated carbocycles. The molecular formula is C137H158B2N4O2. The van der Waals surface area contributed by atoms with Crippen LogP contribution in [0, 0.1) is 34.6 Å². The lowest BCUT2D eigenvalue weighted by Crippen LogP contribution is -2.61. The van der Waals surface area contributed by atoms with Crippen molar-refractivity contribution in [1.29, 1.82) is 0 Å². The van der Waals surface area contributed by atoms with Crippen LogP contribution < -0.4 is 52.8 Å². The van der Waals surface area contributed by atoms with Crippen LogP contribution in [0.5, 0.6) is 0 Å². The highest BCUT2D eigenvalue weighted by atomic mass is 16.3. The van der Waals surface area contributed by atoms with Gasteiger partial charge in [0.05, 0.1) is 34.1 Å². The molecule has 12 aromatic carbocycles.